The average molecular weight is 298 g/mol. The highest BCUT2D eigenvalue weighted by atomic mass is 35.5. The van der Waals surface area contributed by atoms with Crippen LogP contribution in [-0.4, -0.2) is 49.2 Å². The Morgan fingerprint density at radius 2 is 2.25 bits per heavy atom. The van der Waals surface area contributed by atoms with Crippen molar-refractivity contribution >= 4 is 23.2 Å². The molecule has 0 aromatic heterocycles. The van der Waals surface area contributed by atoms with Crippen molar-refractivity contribution in [2.45, 2.75) is 19.1 Å². The second-order valence-corrected chi connectivity index (χ2v) is 5.49. The molecule has 0 aliphatic carbocycles. The number of halogens is 1. The predicted octanol–water partition coefficient (Wildman–Crippen LogP) is 1.33. The molecule has 2 rings (SSSR count). The van der Waals surface area contributed by atoms with Gasteiger partial charge in [0, 0.05) is 29.8 Å². The van der Waals surface area contributed by atoms with E-state index >= 15 is 0 Å². The van der Waals surface area contributed by atoms with Crippen molar-refractivity contribution in [1.29, 1.82) is 0 Å². The molecule has 0 radical (unpaired) electrons. The van der Waals surface area contributed by atoms with Crippen molar-refractivity contribution in [3.63, 3.8) is 0 Å². The lowest BCUT2D eigenvalue weighted by molar-refractivity contribution is -0.119. The maximum Gasteiger partial charge on any atom is 0.238 e. The third kappa shape index (κ3) is 4.45. The maximum atomic E-state index is 12.0. The van der Waals surface area contributed by atoms with E-state index in [1.807, 2.05) is 6.92 Å². The Labute approximate surface area is 124 Å². The van der Waals surface area contributed by atoms with Gasteiger partial charge in [0.15, 0.2) is 0 Å². The van der Waals surface area contributed by atoms with Crippen LogP contribution in [0.4, 0.5) is 5.69 Å². The summed E-state index contributed by atoms with van der Waals surface area (Å²) in [6, 6.07) is 7.03. The van der Waals surface area contributed by atoms with Gasteiger partial charge < -0.3 is 15.8 Å². The Morgan fingerprint density at radius 3 is 2.90 bits per heavy atom. The van der Waals surface area contributed by atoms with Crippen molar-refractivity contribution in [3.05, 3.63) is 29.3 Å². The number of nitrogens with zero attached hydrogens (tertiary/aromatic N) is 1. The minimum Gasteiger partial charge on any atom is -0.374 e. The number of ether oxygens (including phenoxy) is 1. The van der Waals surface area contributed by atoms with Crippen LogP contribution in [-0.2, 0) is 9.53 Å². The number of rotatable bonds is 4. The number of carbonyl (C=O) groups excluding carboxylic acids is 1. The van der Waals surface area contributed by atoms with Gasteiger partial charge in [0.05, 0.1) is 19.3 Å². The van der Waals surface area contributed by atoms with Gasteiger partial charge in [0.2, 0.25) is 5.91 Å². The Bertz CT molecular complexity index is 450. The van der Waals surface area contributed by atoms with E-state index in [2.05, 4.69) is 10.2 Å². The molecular formula is C14H20ClN3O2. The first kappa shape index (κ1) is 15.3. The highest BCUT2D eigenvalue weighted by molar-refractivity contribution is 6.30. The van der Waals surface area contributed by atoms with Crippen LogP contribution in [0.15, 0.2) is 24.3 Å². The molecule has 20 heavy (non-hydrogen) atoms. The summed E-state index contributed by atoms with van der Waals surface area (Å²) in [5.74, 6) is -0.0438. The summed E-state index contributed by atoms with van der Waals surface area (Å²) in [7, 11) is 0. The standard InChI is InChI=1S/C14H20ClN3O2/c1-10(16)13-8-18(6-7-20-13)9-14(19)17-12-4-2-11(15)3-5-12/h2-5,10,13H,6-9,16H2,1H3,(H,17,19). The topological polar surface area (TPSA) is 67.6 Å². The molecule has 0 spiro atoms. The molecule has 110 valence electrons. The molecule has 0 bridgehead atoms. The van der Waals surface area contributed by atoms with E-state index in [0.717, 1.165) is 12.2 Å². The second kappa shape index (κ2) is 7.04. The molecule has 1 heterocycles. The predicted molar refractivity (Wildman–Crippen MR) is 79.9 cm³/mol. The van der Waals surface area contributed by atoms with E-state index < -0.39 is 0 Å². The molecule has 0 saturated carbocycles. The number of hydrogen-bond donors (Lipinski definition) is 2. The van der Waals surface area contributed by atoms with Gasteiger partial charge in [0.25, 0.3) is 0 Å². The zero-order valence-electron chi connectivity index (χ0n) is 11.5. The molecule has 1 aromatic rings. The SMILES string of the molecule is CC(N)C1CN(CC(=O)Nc2ccc(Cl)cc2)CCO1. The number of carbonyl (C=O) groups is 1. The van der Waals surface area contributed by atoms with Gasteiger partial charge in [-0.25, -0.2) is 0 Å². The minimum absolute atomic E-state index is 0.00733. The van der Waals surface area contributed by atoms with E-state index in [1.54, 1.807) is 24.3 Å². The molecule has 3 N–H and O–H groups in total. The van der Waals surface area contributed by atoms with Gasteiger partial charge >= 0.3 is 0 Å². The fourth-order valence-electron chi connectivity index (χ4n) is 2.13. The smallest absolute Gasteiger partial charge is 0.238 e. The molecule has 1 aliphatic rings. The largest absolute Gasteiger partial charge is 0.374 e. The Kier molecular flexibility index (Phi) is 5.37. The molecule has 6 heteroatoms. The third-order valence-electron chi connectivity index (χ3n) is 3.26. The van der Waals surface area contributed by atoms with E-state index in [-0.39, 0.29) is 18.1 Å². The summed E-state index contributed by atoms with van der Waals surface area (Å²) in [5.41, 5.74) is 6.58. The molecule has 1 saturated heterocycles. The first-order chi connectivity index (χ1) is 9.54. The van der Waals surface area contributed by atoms with Crippen LogP contribution in [0.1, 0.15) is 6.92 Å². The second-order valence-electron chi connectivity index (χ2n) is 5.06. The number of morpholine rings is 1. The van der Waals surface area contributed by atoms with Crippen molar-refractivity contribution in [1.82, 2.24) is 4.90 Å². The van der Waals surface area contributed by atoms with Crippen LogP contribution in [0.2, 0.25) is 5.02 Å². The minimum atomic E-state index is -0.0438. The van der Waals surface area contributed by atoms with E-state index in [0.29, 0.717) is 24.7 Å². The Balaban J connectivity index is 1.83. The van der Waals surface area contributed by atoms with Crippen LogP contribution < -0.4 is 11.1 Å². The molecule has 1 aromatic carbocycles. The Morgan fingerprint density at radius 1 is 1.55 bits per heavy atom. The fourth-order valence-corrected chi connectivity index (χ4v) is 2.26. The number of nitrogens with two attached hydrogens (primary N) is 1. The fraction of sp³-hybridized carbons (Fsp3) is 0.500. The van der Waals surface area contributed by atoms with Crippen molar-refractivity contribution < 1.29 is 9.53 Å². The molecular weight excluding hydrogens is 278 g/mol. The summed E-state index contributed by atoms with van der Waals surface area (Å²) < 4.78 is 5.57. The normalized spacial score (nSPS) is 21.4. The van der Waals surface area contributed by atoms with Gasteiger partial charge in [-0.3, -0.25) is 9.69 Å². The van der Waals surface area contributed by atoms with Crippen LogP contribution in [0, 0.1) is 0 Å². The summed E-state index contributed by atoms with van der Waals surface area (Å²) in [4.78, 5) is 14.0. The van der Waals surface area contributed by atoms with Gasteiger partial charge in [-0.1, -0.05) is 11.6 Å². The third-order valence-corrected chi connectivity index (χ3v) is 3.51. The molecule has 1 amide bonds. The first-order valence-corrected chi connectivity index (χ1v) is 7.07. The number of hydrogen-bond acceptors (Lipinski definition) is 4. The van der Waals surface area contributed by atoms with Gasteiger partial charge in [-0.05, 0) is 31.2 Å². The zero-order chi connectivity index (χ0) is 14.5. The lowest BCUT2D eigenvalue weighted by atomic mass is 10.1. The number of nitrogens with one attached hydrogen (secondary N) is 1. The first-order valence-electron chi connectivity index (χ1n) is 6.69. The summed E-state index contributed by atoms with van der Waals surface area (Å²) in [6.07, 6.45) is -0.00733. The van der Waals surface area contributed by atoms with Gasteiger partial charge in [0.1, 0.15) is 0 Å². The van der Waals surface area contributed by atoms with Crippen LogP contribution in [0.25, 0.3) is 0 Å². The lowest BCUT2D eigenvalue weighted by Gasteiger charge is -2.34. The monoisotopic (exact) mass is 297 g/mol. The highest BCUT2D eigenvalue weighted by Gasteiger charge is 2.24. The van der Waals surface area contributed by atoms with Crippen LogP contribution in [0.5, 0.6) is 0 Å². The van der Waals surface area contributed by atoms with Crippen molar-refractivity contribution in [2.24, 2.45) is 5.73 Å². The number of benzene rings is 1. The van der Waals surface area contributed by atoms with E-state index in [1.165, 1.54) is 0 Å². The highest BCUT2D eigenvalue weighted by Crippen LogP contribution is 2.13. The van der Waals surface area contributed by atoms with Crippen LogP contribution >= 0.6 is 11.6 Å². The van der Waals surface area contributed by atoms with Gasteiger partial charge in [-0.15, -0.1) is 0 Å². The van der Waals surface area contributed by atoms with Gasteiger partial charge in [-0.2, -0.15) is 0 Å². The molecule has 5 nitrogen and oxygen atoms in total. The van der Waals surface area contributed by atoms with Crippen molar-refractivity contribution in [3.8, 4) is 0 Å². The lowest BCUT2D eigenvalue weighted by Crippen LogP contribution is -2.51. The van der Waals surface area contributed by atoms with Crippen molar-refractivity contribution in [2.75, 3.05) is 31.6 Å². The maximum absolute atomic E-state index is 12.0. The Hall–Kier alpha value is -1.14. The molecule has 1 fully saturated rings. The molecule has 2 atom stereocenters. The summed E-state index contributed by atoms with van der Waals surface area (Å²) >= 11 is 5.80. The number of amides is 1. The zero-order valence-corrected chi connectivity index (χ0v) is 12.3. The van der Waals surface area contributed by atoms with Crippen LogP contribution in [0.3, 0.4) is 0 Å². The molecule has 1 aliphatic heterocycles. The van der Waals surface area contributed by atoms with E-state index in [9.17, 15) is 4.79 Å². The number of anilines is 1. The summed E-state index contributed by atoms with van der Waals surface area (Å²) in [6.45, 7) is 4.31. The van der Waals surface area contributed by atoms with E-state index in [4.69, 9.17) is 22.1 Å². The quantitative estimate of drug-likeness (QED) is 0.880. The molecule has 2 unspecified atom stereocenters. The average Bonchev–Trinajstić information content (AvgIpc) is 2.41. The summed E-state index contributed by atoms with van der Waals surface area (Å²) in [5, 5.41) is 3.50.